The van der Waals surface area contributed by atoms with Gasteiger partial charge in [-0.25, -0.2) is 0 Å². The highest BCUT2D eigenvalue weighted by Crippen LogP contribution is 2.24. The van der Waals surface area contributed by atoms with Crippen LogP contribution in [0.5, 0.6) is 0 Å². The molecule has 0 bridgehead atoms. The molecule has 0 aliphatic heterocycles. The molecule has 0 heterocycles. The van der Waals surface area contributed by atoms with Crippen molar-refractivity contribution in [1.29, 1.82) is 0 Å². The Labute approximate surface area is 123 Å². The summed E-state index contributed by atoms with van der Waals surface area (Å²) in [5, 5.41) is 13.3. The molecule has 3 nitrogen and oxygen atoms in total. The van der Waals surface area contributed by atoms with E-state index in [2.05, 4.69) is 48.3 Å². The van der Waals surface area contributed by atoms with Crippen LogP contribution in [0.1, 0.15) is 38.7 Å². The highest BCUT2D eigenvalue weighted by molar-refractivity contribution is 5.47. The molecule has 1 aliphatic carbocycles. The lowest BCUT2D eigenvalue weighted by molar-refractivity contribution is 0.131. The van der Waals surface area contributed by atoms with Crippen LogP contribution in [-0.4, -0.2) is 30.8 Å². The highest BCUT2D eigenvalue weighted by Gasteiger charge is 2.24. The average molecular weight is 276 g/mol. The van der Waals surface area contributed by atoms with Gasteiger partial charge in [0.2, 0.25) is 0 Å². The topological polar surface area (TPSA) is 35.5 Å². The van der Waals surface area contributed by atoms with Gasteiger partial charge < -0.3 is 15.3 Å². The van der Waals surface area contributed by atoms with Crippen molar-refractivity contribution in [3.8, 4) is 0 Å². The number of anilines is 1. The Morgan fingerprint density at radius 1 is 1.15 bits per heavy atom. The molecule has 2 atom stereocenters. The lowest BCUT2D eigenvalue weighted by atomic mass is 10.1. The van der Waals surface area contributed by atoms with Gasteiger partial charge in [-0.1, -0.05) is 18.6 Å². The normalized spacial score (nSPS) is 22.1. The number of hydrogen-bond donors (Lipinski definition) is 2. The van der Waals surface area contributed by atoms with Crippen molar-refractivity contribution in [2.24, 2.45) is 5.92 Å². The Balaban J connectivity index is 1.78. The minimum atomic E-state index is -0.0902. The molecule has 1 aromatic rings. The van der Waals surface area contributed by atoms with Crippen molar-refractivity contribution < 1.29 is 5.11 Å². The van der Waals surface area contributed by atoms with Gasteiger partial charge in [0.05, 0.1) is 6.10 Å². The predicted molar refractivity (Wildman–Crippen MR) is 85.1 cm³/mol. The second-order valence-corrected chi connectivity index (χ2v) is 5.73. The maximum absolute atomic E-state index is 9.79. The zero-order valence-corrected chi connectivity index (χ0v) is 12.8. The molecule has 1 fully saturated rings. The molecular formula is C17H28N2O. The van der Waals surface area contributed by atoms with Crippen LogP contribution < -0.4 is 10.2 Å². The van der Waals surface area contributed by atoms with E-state index in [4.69, 9.17) is 0 Å². The third kappa shape index (κ3) is 3.97. The van der Waals surface area contributed by atoms with Crippen LogP contribution in [0.25, 0.3) is 0 Å². The zero-order chi connectivity index (χ0) is 14.4. The smallest absolute Gasteiger partial charge is 0.0580 e. The van der Waals surface area contributed by atoms with Crippen LogP contribution in [-0.2, 0) is 6.54 Å². The van der Waals surface area contributed by atoms with E-state index in [0.29, 0.717) is 5.92 Å². The number of aliphatic hydroxyl groups is 1. The van der Waals surface area contributed by atoms with Crippen molar-refractivity contribution in [2.45, 2.75) is 45.8 Å². The molecule has 0 amide bonds. The van der Waals surface area contributed by atoms with Crippen LogP contribution in [0.2, 0.25) is 0 Å². The molecule has 0 saturated heterocycles. The average Bonchev–Trinajstić information content (AvgIpc) is 2.87. The van der Waals surface area contributed by atoms with Crippen LogP contribution in [0.15, 0.2) is 24.3 Å². The van der Waals surface area contributed by atoms with E-state index in [1.165, 1.54) is 17.7 Å². The summed E-state index contributed by atoms with van der Waals surface area (Å²) in [6, 6.07) is 8.81. The Morgan fingerprint density at radius 2 is 1.85 bits per heavy atom. The van der Waals surface area contributed by atoms with Gasteiger partial charge in [-0.05, 0) is 50.3 Å². The summed E-state index contributed by atoms with van der Waals surface area (Å²) in [5.41, 5.74) is 2.61. The molecule has 0 aromatic heterocycles. The standard InChI is InChI=1S/C17H28N2O/c1-3-19(4-2)16-10-8-14(9-11-16)12-18-13-15-6-5-7-17(15)20/h8-11,15,17-18,20H,3-7,12-13H2,1-2H3. The van der Waals surface area contributed by atoms with Crippen LogP contribution in [0.4, 0.5) is 5.69 Å². The second kappa shape index (κ2) is 7.65. The Bertz CT molecular complexity index is 386. The first-order valence-corrected chi connectivity index (χ1v) is 7.97. The Hall–Kier alpha value is -1.06. The molecule has 2 unspecified atom stereocenters. The number of hydrogen-bond acceptors (Lipinski definition) is 3. The number of rotatable bonds is 7. The monoisotopic (exact) mass is 276 g/mol. The van der Waals surface area contributed by atoms with Gasteiger partial charge in [-0.15, -0.1) is 0 Å². The summed E-state index contributed by atoms with van der Waals surface area (Å²) < 4.78 is 0. The molecule has 1 saturated carbocycles. The van der Waals surface area contributed by atoms with Crippen molar-refractivity contribution in [3.63, 3.8) is 0 Å². The molecule has 0 spiro atoms. The van der Waals surface area contributed by atoms with Crippen molar-refractivity contribution in [1.82, 2.24) is 5.32 Å². The van der Waals surface area contributed by atoms with Gasteiger partial charge in [-0.3, -0.25) is 0 Å². The Morgan fingerprint density at radius 3 is 2.40 bits per heavy atom. The van der Waals surface area contributed by atoms with Gasteiger partial charge in [0.15, 0.2) is 0 Å². The molecule has 1 aromatic carbocycles. The fraction of sp³-hybridized carbons (Fsp3) is 0.647. The molecule has 0 radical (unpaired) electrons. The van der Waals surface area contributed by atoms with Gasteiger partial charge in [-0.2, -0.15) is 0 Å². The summed E-state index contributed by atoms with van der Waals surface area (Å²) in [5.74, 6) is 0.449. The van der Waals surface area contributed by atoms with Crippen molar-refractivity contribution in [2.75, 3.05) is 24.5 Å². The van der Waals surface area contributed by atoms with E-state index in [0.717, 1.165) is 39.0 Å². The molecule has 1 aliphatic rings. The number of aliphatic hydroxyl groups excluding tert-OH is 1. The number of benzene rings is 1. The third-order valence-electron chi connectivity index (χ3n) is 4.42. The number of nitrogens with zero attached hydrogens (tertiary/aromatic N) is 1. The molecule has 2 rings (SSSR count). The quantitative estimate of drug-likeness (QED) is 0.804. The third-order valence-corrected chi connectivity index (χ3v) is 4.42. The number of nitrogens with one attached hydrogen (secondary N) is 1. The summed E-state index contributed by atoms with van der Waals surface area (Å²) in [4.78, 5) is 2.35. The van der Waals surface area contributed by atoms with E-state index >= 15 is 0 Å². The van der Waals surface area contributed by atoms with Gasteiger partial charge in [0.25, 0.3) is 0 Å². The summed E-state index contributed by atoms with van der Waals surface area (Å²) in [7, 11) is 0. The SMILES string of the molecule is CCN(CC)c1ccc(CNCC2CCCC2O)cc1. The van der Waals surface area contributed by atoms with Crippen LogP contribution in [0.3, 0.4) is 0 Å². The fourth-order valence-corrected chi connectivity index (χ4v) is 3.07. The van der Waals surface area contributed by atoms with Gasteiger partial charge in [0.1, 0.15) is 0 Å². The van der Waals surface area contributed by atoms with E-state index in [1.807, 2.05) is 0 Å². The molecule has 20 heavy (non-hydrogen) atoms. The minimum absolute atomic E-state index is 0.0902. The lowest BCUT2D eigenvalue weighted by Gasteiger charge is -2.21. The van der Waals surface area contributed by atoms with E-state index in [9.17, 15) is 5.11 Å². The molecule has 2 N–H and O–H groups in total. The van der Waals surface area contributed by atoms with Crippen LogP contribution in [0, 0.1) is 5.92 Å². The Kier molecular flexibility index (Phi) is 5.86. The summed E-state index contributed by atoms with van der Waals surface area (Å²) in [6.07, 6.45) is 3.22. The first kappa shape index (κ1) is 15.3. The van der Waals surface area contributed by atoms with Crippen LogP contribution >= 0.6 is 0 Å². The lowest BCUT2D eigenvalue weighted by Crippen LogP contribution is -2.27. The molecule has 112 valence electrons. The second-order valence-electron chi connectivity index (χ2n) is 5.73. The maximum Gasteiger partial charge on any atom is 0.0580 e. The predicted octanol–water partition coefficient (Wildman–Crippen LogP) is 2.78. The van der Waals surface area contributed by atoms with Crippen molar-refractivity contribution in [3.05, 3.63) is 29.8 Å². The van der Waals surface area contributed by atoms with Crippen molar-refractivity contribution >= 4 is 5.69 Å². The molecular weight excluding hydrogens is 248 g/mol. The minimum Gasteiger partial charge on any atom is -0.393 e. The summed E-state index contributed by atoms with van der Waals surface area (Å²) in [6.45, 7) is 8.29. The first-order chi connectivity index (χ1) is 9.74. The van der Waals surface area contributed by atoms with Gasteiger partial charge >= 0.3 is 0 Å². The van der Waals surface area contributed by atoms with E-state index in [1.54, 1.807) is 0 Å². The van der Waals surface area contributed by atoms with E-state index < -0.39 is 0 Å². The first-order valence-electron chi connectivity index (χ1n) is 7.97. The van der Waals surface area contributed by atoms with E-state index in [-0.39, 0.29) is 6.10 Å². The largest absolute Gasteiger partial charge is 0.393 e. The molecule has 3 heteroatoms. The zero-order valence-electron chi connectivity index (χ0n) is 12.8. The maximum atomic E-state index is 9.79. The van der Waals surface area contributed by atoms with Gasteiger partial charge in [0, 0.05) is 31.9 Å². The fourth-order valence-electron chi connectivity index (χ4n) is 3.07. The highest BCUT2D eigenvalue weighted by atomic mass is 16.3. The summed E-state index contributed by atoms with van der Waals surface area (Å²) >= 11 is 0.